The molecule has 196 valence electrons. The monoisotopic (exact) mass is 501 g/mol. The maximum Gasteiger partial charge on any atom is 0.221 e. The van der Waals surface area contributed by atoms with Gasteiger partial charge in [0, 0.05) is 26.1 Å². The zero-order valence-corrected chi connectivity index (χ0v) is 22.3. The molecular formula is C25H44FN3O4S. The second kappa shape index (κ2) is 15.4. The number of nitrogens with zero attached hydrogens (tertiary/aromatic N) is 1. The van der Waals surface area contributed by atoms with E-state index in [0.29, 0.717) is 43.8 Å². The molecule has 1 amide bonds. The Hall–Kier alpha value is -1.55. The largest absolute Gasteiger partial charge is 0.390 e. The van der Waals surface area contributed by atoms with Gasteiger partial charge < -0.3 is 15.7 Å². The van der Waals surface area contributed by atoms with Crippen LogP contribution in [0.15, 0.2) is 18.2 Å². The Bertz CT molecular complexity index is 843. The Balaban J connectivity index is 2.83. The molecule has 0 unspecified atom stereocenters. The van der Waals surface area contributed by atoms with Crippen molar-refractivity contribution in [3.05, 3.63) is 35.1 Å². The lowest BCUT2D eigenvalue weighted by molar-refractivity contribution is -0.122. The zero-order valence-electron chi connectivity index (χ0n) is 21.4. The topological polar surface area (TPSA) is 98.7 Å². The molecule has 3 N–H and O–H groups in total. The Labute approximate surface area is 205 Å². The summed E-state index contributed by atoms with van der Waals surface area (Å²) in [5.74, 6) is -0.482. The summed E-state index contributed by atoms with van der Waals surface area (Å²) in [6.07, 6.45) is 1.63. The van der Waals surface area contributed by atoms with E-state index >= 15 is 0 Å². The quantitative estimate of drug-likeness (QED) is 0.285. The lowest BCUT2D eigenvalue weighted by Gasteiger charge is -2.26. The van der Waals surface area contributed by atoms with Crippen LogP contribution in [0.4, 0.5) is 4.39 Å². The van der Waals surface area contributed by atoms with Crippen molar-refractivity contribution >= 4 is 15.9 Å². The van der Waals surface area contributed by atoms with Gasteiger partial charge in [-0.1, -0.05) is 39.8 Å². The van der Waals surface area contributed by atoms with Gasteiger partial charge in [-0.3, -0.25) is 4.79 Å². The highest BCUT2D eigenvalue weighted by molar-refractivity contribution is 7.89. The van der Waals surface area contributed by atoms with Gasteiger partial charge in [0.05, 0.1) is 17.9 Å². The summed E-state index contributed by atoms with van der Waals surface area (Å²) in [6, 6.07) is 4.08. The van der Waals surface area contributed by atoms with Gasteiger partial charge in [0.15, 0.2) is 0 Å². The molecule has 1 rings (SSSR count). The van der Waals surface area contributed by atoms with Crippen molar-refractivity contribution in [1.82, 2.24) is 14.9 Å². The molecule has 1 aromatic carbocycles. The highest BCUT2D eigenvalue weighted by Crippen LogP contribution is 2.13. The van der Waals surface area contributed by atoms with Crippen LogP contribution >= 0.6 is 0 Å². The Morgan fingerprint density at radius 1 is 1.18 bits per heavy atom. The number of rotatable bonds is 17. The lowest BCUT2D eigenvalue weighted by atomic mass is 9.99. The van der Waals surface area contributed by atoms with Crippen LogP contribution in [0.1, 0.15) is 64.5 Å². The number of sulfonamides is 1. The molecule has 0 bridgehead atoms. The number of halogens is 1. The number of nitrogens with one attached hydrogen (secondary N) is 2. The van der Waals surface area contributed by atoms with Gasteiger partial charge >= 0.3 is 0 Å². The third-order valence-electron chi connectivity index (χ3n) is 5.67. The molecule has 0 aromatic heterocycles. The molecular weight excluding hydrogens is 457 g/mol. The zero-order chi connectivity index (χ0) is 25.7. The Morgan fingerprint density at radius 2 is 1.82 bits per heavy atom. The van der Waals surface area contributed by atoms with E-state index in [1.807, 2.05) is 13.8 Å². The highest BCUT2D eigenvalue weighted by atomic mass is 32.2. The molecule has 1 aromatic rings. The van der Waals surface area contributed by atoms with E-state index < -0.39 is 28.1 Å². The summed E-state index contributed by atoms with van der Waals surface area (Å²) in [5.41, 5.74) is 1.28. The van der Waals surface area contributed by atoms with E-state index in [9.17, 15) is 22.7 Å². The maximum absolute atomic E-state index is 13.7. The molecule has 0 fully saturated rings. The second-order valence-corrected chi connectivity index (χ2v) is 11.5. The number of hydrogen-bond acceptors (Lipinski definition) is 5. The van der Waals surface area contributed by atoms with Crippen LogP contribution in [0.3, 0.4) is 0 Å². The fraction of sp³-hybridized carbons (Fsp3) is 0.720. The summed E-state index contributed by atoms with van der Waals surface area (Å²) in [4.78, 5) is 12.7. The van der Waals surface area contributed by atoms with Crippen molar-refractivity contribution in [2.75, 3.05) is 31.9 Å². The summed E-state index contributed by atoms with van der Waals surface area (Å²) >= 11 is 0. The highest BCUT2D eigenvalue weighted by Gasteiger charge is 2.25. The van der Waals surface area contributed by atoms with Gasteiger partial charge in [-0.2, -0.15) is 0 Å². The number of aryl methyl sites for hydroxylation is 1. The minimum Gasteiger partial charge on any atom is -0.390 e. The van der Waals surface area contributed by atoms with Gasteiger partial charge in [0.2, 0.25) is 15.9 Å². The van der Waals surface area contributed by atoms with Crippen molar-refractivity contribution < 1.29 is 22.7 Å². The van der Waals surface area contributed by atoms with Crippen LogP contribution in [-0.4, -0.2) is 67.8 Å². The number of aliphatic hydroxyl groups excluding tert-OH is 1. The fourth-order valence-electron chi connectivity index (χ4n) is 3.67. The summed E-state index contributed by atoms with van der Waals surface area (Å²) in [5, 5.41) is 16.8. The van der Waals surface area contributed by atoms with Gasteiger partial charge in [0.25, 0.3) is 0 Å². The molecule has 0 saturated carbocycles. The summed E-state index contributed by atoms with van der Waals surface area (Å²) < 4.78 is 40.5. The first-order valence-corrected chi connectivity index (χ1v) is 14.0. The molecule has 0 spiro atoms. The average molecular weight is 502 g/mol. The number of benzene rings is 1. The van der Waals surface area contributed by atoms with Crippen molar-refractivity contribution in [2.24, 2.45) is 5.92 Å². The normalized spacial score (nSPS) is 13.9. The number of hydrogen-bond donors (Lipinski definition) is 3. The SMILES string of the molecule is CCCN(CCC)S(=O)(=O)CCC(=O)N[C@@H](Cc1ccc(F)c(C)c1)[C@H](O)CNCCC(C)C. The van der Waals surface area contributed by atoms with Crippen LogP contribution in [0.25, 0.3) is 0 Å². The molecule has 9 heteroatoms. The first-order chi connectivity index (χ1) is 16.0. The average Bonchev–Trinajstić information content (AvgIpc) is 2.77. The molecule has 34 heavy (non-hydrogen) atoms. The molecule has 0 heterocycles. The predicted molar refractivity (Wildman–Crippen MR) is 136 cm³/mol. The van der Waals surface area contributed by atoms with E-state index in [0.717, 1.165) is 18.5 Å². The number of carbonyl (C=O) groups excluding carboxylic acids is 1. The first-order valence-electron chi connectivity index (χ1n) is 12.4. The number of aliphatic hydroxyl groups is 1. The summed E-state index contributed by atoms with van der Waals surface area (Å²) in [7, 11) is -3.54. The molecule has 2 atom stereocenters. The van der Waals surface area contributed by atoms with Crippen LogP contribution in [-0.2, 0) is 21.2 Å². The fourth-order valence-corrected chi connectivity index (χ4v) is 5.30. The van der Waals surface area contributed by atoms with Crippen molar-refractivity contribution in [1.29, 1.82) is 0 Å². The van der Waals surface area contributed by atoms with E-state index in [2.05, 4.69) is 24.5 Å². The van der Waals surface area contributed by atoms with E-state index in [-0.39, 0.29) is 24.5 Å². The lowest BCUT2D eigenvalue weighted by Crippen LogP contribution is -2.49. The minimum atomic E-state index is -3.54. The van der Waals surface area contributed by atoms with Crippen LogP contribution in [0.5, 0.6) is 0 Å². The van der Waals surface area contributed by atoms with Gasteiger partial charge in [0.1, 0.15) is 5.82 Å². The Kier molecular flexibility index (Phi) is 13.8. The number of amides is 1. The first kappa shape index (κ1) is 30.5. The maximum atomic E-state index is 13.7. The van der Waals surface area contributed by atoms with Gasteiger partial charge in [-0.15, -0.1) is 0 Å². The smallest absolute Gasteiger partial charge is 0.221 e. The third-order valence-corrected chi connectivity index (χ3v) is 7.54. The van der Waals surface area contributed by atoms with E-state index in [4.69, 9.17) is 0 Å². The van der Waals surface area contributed by atoms with Crippen LogP contribution in [0, 0.1) is 18.7 Å². The van der Waals surface area contributed by atoms with Gasteiger partial charge in [-0.05, 0) is 62.3 Å². The van der Waals surface area contributed by atoms with Crippen molar-refractivity contribution in [3.63, 3.8) is 0 Å². The summed E-state index contributed by atoms with van der Waals surface area (Å²) in [6.45, 7) is 11.6. The number of carbonyl (C=O) groups is 1. The second-order valence-electron chi connectivity index (χ2n) is 9.38. The molecule has 0 saturated heterocycles. The van der Waals surface area contributed by atoms with Crippen molar-refractivity contribution in [2.45, 2.75) is 78.9 Å². The molecule has 0 aliphatic carbocycles. The molecule has 7 nitrogen and oxygen atoms in total. The Morgan fingerprint density at radius 3 is 2.38 bits per heavy atom. The van der Waals surface area contributed by atoms with E-state index in [1.54, 1.807) is 19.1 Å². The third kappa shape index (κ3) is 11.3. The van der Waals surface area contributed by atoms with Crippen LogP contribution in [0.2, 0.25) is 0 Å². The minimum absolute atomic E-state index is 0.182. The van der Waals surface area contributed by atoms with Crippen LogP contribution < -0.4 is 10.6 Å². The molecule has 0 aliphatic rings. The standard InChI is InChI=1S/C25H44FN3O4S/c1-6-13-29(14-7-2)34(32,33)15-11-25(31)28-23(24(30)18-27-12-10-19(3)4)17-21-8-9-22(26)20(5)16-21/h8-9,16,19,23-24,27,30H,6-7,10-15,17-18H2,1-5H3,(H,28,31)/t23-,24+/m0/s1. The molecule has 0 radical (unpaired) electrons. The van der Waals surface area contributed by atoms with Gasteiger partial charge in [-0.25, -0.2) is 17.1 Å². The van der Waals surface area contributed by atoms with Crippen molar-refractivity contribution in [3.8, 4) is 0 Å². The predicted octanol–water partition coefficient (Wildman–Crippen LogP) is 3.00. The van der Waals surface area contributed by atoms with E-state index in [1.165, 1.54) is 10.4 Å². The molecule has 0 aliphatic heterocycles.